The maximum absolute atomic E-state index is 9.71. The summed E-state index contributed by atoms with van der Waals surface area (Å²) in [5, 5.41) is 9.71. The van der Waals surface area contributed by atoms with E-state index in [1.165, 1.54) is 65.5 Å². The van der Waals surface area contributed by atoms with Crippen molar-refractivity contribution < 1.29 is 0 Å². The van der Waals surface area contributed by atoms with Gasteiger partial charge in [-0.25, -0.2) is 15.0 Å². The molecule has 4 heteroatoms. The third-order valence-electron chi connectivity index (χ3n) is 12.3. The molecule has 1 fully saturated rings. The van der Waals surface area contributed by atoms with Crippen LogP contribution in [0.15, 0.2) is 175 Å². The molecule has 4 nitrogen and oxygen atoms in total. The number of nitriles is 1. The molecule has 1 aromatic heterocycles. The van der Waals surface area contributed by atoms with E-state index in [1.54, 1.807) is 0 Å². The Morgan fingerprint density at radius 3 is 1.55 bits per heavy atom. The third-order valence-corrected chi connectivity index (χ3v) is 12.3. The molecule has 6 aromatic carbocycles. The number of rotatable bonds is 6. The summed E-state index contributed by atoms with van der Waals surface area (Å²) in [7, 11) is 0. The fourth-order valence-corrected chi connectivity index (χ4v) is 9.50. The summed E-state index contributed by atoms with van der Waals surface area (Å²) in [5.74, 6) is 2.68. The number of aromatic nitrogens is 3. The van der Waals surface area contributed by atoms with Crippen molar-refractivity contribution >= 4 is 0 Å². The average molecular weight is 721 g/mol. The molecular formula is C52H40N4. The quantitative estimate of drug-likeness (QED) is 0.172. The van der Waals surface area contributed by atoms with E-state index < -0.39 is 0 Å². The molecule has 2 atom stereocenters. The molecule has 10 rings (SSSR count). The second kappa shape index (κ2) is 14.2. The Morgan fingerprint density at radius 2 is 0.964 bits per heavy atom. The van der Waals surface area contributed by atoms with Gasteiger partial charge in [0.15, 0.2) is 17.5 Å². The zero-order chi connectivity index (χ0) is 37.5. The molecule has 0 saturated heterocycles. The highest BCUT2D eigenvalue weighted by atomic mass is 15.0. The molecular weight excluding hydrogens is 681 g/mol. The van der Waals surface area contributed by atoms with Gasteiger partial charge >= 0.3 is 0 Å². The van der Waals surface area contributed by atoms with Gasteiger partial charge in [0, 0.05) is 33.6 Å². The summed E-state index contributed by atoms with van der Waals surface area (Å²) in [5.41, 5.74) is 13.8. The van der Waals surface area contributed by atoms with E-state index in [-0.39, 0.29) is 11.3 Å². The minimum atomic E-state index is 0.158. The highest BCUT2D eigenvalue weighted by molar-refractivity contribution is 5.78. The molecule has 3 aliphatic carbocycles. The Kier molecular flexibility index (Phi) is 8.57. The molecule has 56 heavy (non-hydrogen) atoms. The Balaban J connectivity index is 0.951. The number of hydrogen-bond acceptors (Lipinski definition) is 4. The molecule has 0 bridgehead atoms. The minimum absolute atomic E-state index is 0.158. The van der Waals surface area contributed by atoms with Gasteiger partial charge in [0.25, 0.3) is 0 Å². The average Bonchev–Trinajstić information content (AvgIpc) is 3.54. The van der Waals surface area contributed by atoms with E-state index >= 15 is 0 Å². The molecule has 1 saturated carbocycles. The standard InChI is InChI=1S/C52H40N4/c53-34-35-20-27-47-46(30-35)45-26-25-43(33-48(45)52(47)28-8-3-9-29-52)42-18-10-16-40(31-42)36-21-23-37(24-22-36)41-17-11-19-44(32-41)51-55-49(38-12-4-1-5-13-38)54-50(56-51)39-14-6-2-7-15-39/h1-2,4-7,10-27,30-33,46-47H,3,8-9,28-29H2. The molecule has 3 aliphatic rings. The topological polar surface area (TPSA) is 62.5 Å². The van der Waals surface area contributed by atoms with Gasteiger partial charge in [0.1, 0.15) is 0 Å². The summed E-state index contributed by atoms with van der Waals surface area (Å²) in [4.78, 5) is 14.8. The minimum Gasteiger partial charge on any atom is -0.208 e. The fraction of sp³-hybridized carbons (Fsp3) is 0.154. The summed E-state index contributed by atoms with van der Waals surface area (Å²) in [6.45, 7) is 0. The first-order chi connectivity index (χ1) is 27.6. The van der Waals surface area contributed by atoms with Crippen LogP contribution in [0, 0.1) is 17.2 Å². The van der Waals surface area contributed by atoms with E-state index in [0.29, 0.717) is 23.4 Å². The van der Waals surface area contributed by atoms with Gasteiger partial charge in [-0.05, 0) is 81.5 Å². The number of nitrogens with zero attached hydrogens (tertiary/aromatic N) is 4. The number of allylic oxidation sites excluding steroid dienone is 4. The Labute approximate surface area is 328 Å². The van der Waals surface area contributed by atoms with E-state index in [1.807, 2.05) is 60.7 Å². The van der Waals surface area contributed by atoms with E-state index in [0.717, 1.165) is 33.4 Å². The van der Waals surface area contributed by atoms with Gasteiger partial charge in [-0.1, -0.05) is 171 Å². The largest absolute Gasteiger partial charge is 0.208 e. The van der Waals surface area contributed by atoms with Crippen molar-refractivity contribution in [3.63, 3.8) is 0 Å². The molecule has 268 valence electrons. The molecule has 0 amide bonds. The summed E-state index contributed by atoms with van der Waals surface area (Å²) >= 11 is 0. The first-order valence-corrected chi connectivity index (χ1v) is 19.8. The van der Waals surface area contributed by atoms with Crippen LogP contribution in [0.4, 0.5) is 0 Å². The number of fused-ring (bicyclic) bond motifs is 5. The van der Waals surface area contributed by atoms with Crippen LogP contribution in [0.1, 0.15) is 49.1 Å². The first-order valence-electron chi connectivity index (χ1n) is 19.8. The lowest BCUT2D eigenvalue weighted by atomic mass is 9.63. The number of benzene rings is 6. The van der Waals surface area contributed by atoms with Gasteiger partial charge < -0.3 is 0 Å². The van der Waals surface area contributed by atoms with Gasteiger partial charge in [0.2, 0.25) is 0 Å². The fourth-order valence-electron chi connectivity index (χ4n) is 9.50. The molecule has 0 radical (unpaired) electrons. The predicted octanol–water partition coefficient (Wildman–Crippen LogP) is 12.8. The third kappa shape index (κ3) is 6.06. The number of hydrogen-bond donors (Lipinski definition) is 0. The van der Waals surface area contributed by atoms with Crippen LogP contribution in [0.5, 0.6) is 0 Å². The monoisotopic (exact) mass is 720 g/mol. The maximum atomic E-state index is 9.71. The predicted molar refractivity (Wildman–Crippen MR) is 226 cm³/mol. The van der Waals surface area contributed by atoms with Crippen molar-refractivity contribution in [2.24, 2.45) is 5.92 Å². The molecule has 0 N–H and O–H groups in total. The zero-order valence-corrected chi connectivity index (χ0v) is 31.1. The molecule has 0 aliphatic heterocycles. The Morgan fingerprint density at radius 1 is 0.482 bits per heavy atom. The van der Waals surface area contributed by atoms with Crippen molar-refractivity contribution in [1.82, 2.24) is 15.0 Å². The lowest BCUT2D eigenvalue weighted by Gasteiger charge is -2.40. The summed E-state index contributed by atoms with van der Waals surface area (Å²) < 4.78 is 0. The summed E-state index contributed by atoms with van der Waals surface area (Å²) in [6.07, 6.45) is 12.9. The van der Waals surface area contributed by atoms with E-state index in [2.05, 4.69) is 115 Å². The van der Waals surface area contributed by atoms with Crippen molar-refractivity contribution in [3.8, 4) is 73.6 Å². The second-order valence-corrected chi connectivity index (χ2v) is 15.4. The van der Waals surface area contributed by atoms with Gasteiger partial charge in [-0.15, -0.1) is 0 Å². The van der Waals surface area contributed by atoms with E-state index in [4.69, 9.17) is 15.0 Å². The van der Waals surface area contributed by atoms with Crippen molar-refractivity contribution in [3.05, 3.63) is 187 Å². The van der Waals surface area contributed by atoms with Crippen LogP contribution >= 0.6 is 0 Å². The lowest BCUT2D eigenvalue weighted by Crippen LogP contribution is -2.34. The highest BCUT2D eigenvalue weighted by Gasteiger charge is 2.51. The van der Waals surface area contributed by atoms with E-state index in [9.17, 15) is 5.26 Å². The molecule has 7 aromatic rings. The normalized spacial score (nSPS) is 17.8. The van der Waals surface area contributed by atoms with Crippen LogP contribution in [-0.2, 0) is 5.41 Å². The van der Waals surface area contributed by atoms with Crippen LogP contribution in [-0.4, -0.2) is 15.0 Å². The lowest BCUT2D eigenvalue weighted by molar-refractivity contribution is 0.233. The van der Waals surface area contributed by atoms with Gasteiger partial charge in [-0.3, -0.25) is 0 Å². The molecule has 2 unspecified atom stereocenters. The van der Waals surface area contributed by atoms with Crippen molar-refractivity contribution in [1.29, 1.82) is 5.26 Å². The van der Waals surface area contributed by atoms with Crippen molar-refractivity contribution in [2.45, 2.75) is 43.4 Å². The smallest absolute Gasteiger partial charge is 0.164 e. The second-order valence-electron chi connectivity index (χ2n) is 15.4. The Bertz CT molecular complexity index is 2620. The Hall–Kier alpha value is -6.70. The van der Waals surface area contributed by atoms with Gasteiger partial charge in [-0.2, -0.15) is 5.26 Å². The van der Waals surface area contributed by atoms with Crippen LogP contribution in [0.25, 0.3) is 67.5 Å². The van der Waals surface area contributed by atoms with Gasteiger partial charge in [0.05, 0.1) is 6.07 Å². The van der Waals surface area contributed by atoms with Crippen molar-refractivity contribution in [2.75, 3.05) is 0 Å². The maximum Gasteiger partial charge on any atom is 0.164 e. The van der Waals surface area contributed by atoms with Crippen LogP contribution < -0.4 is 0 Å². The zero-order valence-electron chi connectivity index (χ0n) is 31.1. The SMILES string of the molecule is N#CC1=CC2c3ccc(-c4cccc(-c5ccc(-c6cccc(-c7nc(-c8ccccc8)nc(-c8ccccc8)n7)c6)cc5)c4)cc3C3(CCCCC3)C2C=C1. The first kappa shape index (κ1) is 33.8. The summed E-state index contributed by atoms with van der Waals surface area (Å²) in [6, 6.07) is 56.0. The highest BCUT2D eigenvalue weighted by Crippen LogP contribution is 2.60. The molecule has 1 heterocycles. The van der Waals surface area contributed by atoms with Crippen LogP contribution in [0.2, 0.25) is 0 Å². The van der Waals surface area contributed by atoms with Crippen LogP contribution in [0.3, 0.4) is 0 Å². The molecule has 1 spiro atoms.